The van der Waals surface area contributed by atoms with E-state index in [9.17, 15) is 9.59 Å². The number of rotatable bonds is 6. The fourth-order valence-corrected chi connectivity index (χ4v) is 2.60. The van der Waals surface area contributed by atoms with E-state index < -0.39 is 18.5 Å². The molecule has 122 valence electrons. The Balaban J connectivity index is 2.01. The largest absolute Gasteiger partial charge is 0.495 e. The Bertz CT molecular complexity index is 702. The molecule has 0 radical (unpaired) electrons. The summed E-state index contributed by atoms with van der Waals surface area (Å²) in [4.78, 5) is 23.6. The van der Waals surface area contributed by atoms with E-state index in [1.807, 2.05) is 0 Å². The van der Waals surface area contributed by atoms with Gasteiger partial charge in [0.2, 0.25) is 0 Å². The highest BCUT2D eigenvalue weighted by Gasteiger charge is 2.14. The van der Waals surface area contributed by atoms with Crippen molar-refractivity contribution in [1.29, 1.82) is 0 Å². The van der Waals surface area contributed by atoms with Gasteiger partial charge in [-0.05, 0) is 11.4 Å². The average Bonchev–Trinajstić information content (AvgIpc) is 3.08. The van der Waals surface area contributed by atoms with E-state index in [2.05, 4.69) is 5.32 Å². The number of methoxy groups -OCH3 is 2. The molecule has 0 fully saturated rings. The number of benzene rings is 1. The summed E-state index contributed by atoms with van der Waals surface area (Å²) in [5.41, 5.74) is 0.777. The lowest BCUT2D eigenvalue weighted by molar-refractivity contribution is -0.119. The lowest BCUT2D eigenvalue weighted by Gasteiger charge is -2.13. The van der Waals surface area contributed by atoms with Crippen LogP contribution in [0.15, 0.2) is 29.0 Å². The summed E-state index contributed by atoms with van der Waals surface area (Å²) < 4.78 is 15.2. The number of carbonyl (C=O) groups excluding carboxylic acids is 2. The fourth-order valence-electron chi connectivity index (χ4n) is 1.74. The molecule has 0 aliphatic rings. The van der Waals surface area contributed by atoms with Gasteiger partial charge in [0, 0.05) is 17.5 Å². The van der Waals surface area contributed by atoms with Gasteiger partial charge in [0.05, 0.1) is 30.5 Å². The number of hydrogen-bond acceptors (Lipinski definition) is 6. The number of thiophene rings is 1. The van der Waals surface area contributed by atoms with E-state index in [-0.39, 0.29) is 0 Å². The Morgan fingerprint density at radius 3 is 2.57 bits per heavy atom. The smallest absolute Gasteiger partial charge is 0.339 e. The first kappa shape index (κ1) is 17.1. The fraction of sp³-hybridized carbons (Fsp3) is 0.200. The molecular formula is C15H14ClNO5S. The normalized spacial score (nSPS) is 10.0. The van der Waals surface area contributed by atoms with Crippen LogP contribution >= 0.6 is 22.9 Å². The van der Waals surface area contributed by atoms with Gasteiger partial charge in [0.1, 0.15) is 11.5 Å². The number of nitrogens with one attached hydrogen (secondary N) is 1. The van der Waals surface area contributed by atoms with Crippen molar-refractivity contribution in [1.82, 2.24) is 0 Å². The maximum atomic E-state index is 11.9. The number of halogens is 1. The average molecular weight is 356 g/mol. The van der Waals surface area contributed by atoms with Gasteiger partial charge in [-0.25, -0.2) is 4.79 Å². The third-order valence-corrected chi connectivity index (χ3v) is 3.82. The van der Waals surface area contributed by atoms with Crippen molar-refractivity contribution in [2.45, 2.75) is 0 Å². The van der Waals surface area contributed by atoms with Crippen LogP contribution in [0.5, 0.6) is 11.5 Å². The van der Waals surface area contributed by atoms with Crippen LogP contribution < -0.4 is 14.8 Å². The number of hydrogen-bond donors (Lipinski definition) is 1. The number of amides is 1. The first-order valence-electron chi connectivity index (χ1n) is 6.46. The molecule has 2 rings (SSSR count). The molecule has 1 N–H and O–H groups in total. The van der Waals surface area contributed by atoms with Crippen molar-refractivity contribution >= 4 is 40.5 Å². The molecule has 0 saturated heterocycles. The summed E-state index contributed by atoms with van der Waals surface area (Å²) in [5, 5.41) is 6.34. The van der Waals surface area contributed by atoms with Gasteiger partial charge in [0.15, 0.2) is 6.61 Å². The summed E-state index contributed by atoms with van der Waals surface area (Å²) >= 11 is 7.36. The number of ether oxygens (including phenoxy) is 3. The SMILES string of the molecule is COc1cc(NC(=O)COC(=O)c2ccsc2)c(OC)cc1Cl. The first-order chi connectivity index (χ1) is 11.0. The van der Waals surface area contributed by atoms with Crippen molar-refractivity contribution in [3.63, 3.8) is 0 Å². The minimum Gasteiger partial charge on any atom is -0.495 e. The molecule has 0 bridgehead atoms. The molecule has 8 heteroatoms. The zero-order valence-corrected chi connectivity index (χ0v) is 14.0. The second kappa shape index (κ2) is 7.85. The molecule has 0 saturated carbocycles. The lowest BCUT2D eigenvalue weighted by atomic mass is 10.2. The standard InChI is InChI=1S/C15H14ClNO5S/c1-20-12-6-11(13(21-2)5-10(12)16)17-14(18)7-22-15(19)9-3-4-23-8-9/h3-6,8H,7H2,1-2H3,(H,17,18). The van der Waals surface area contributed by atoms with Crippen LogP contribution in [0.3, 0.4) is 0 Å². The molecule has 0 atom stereocenters. The Morgan fingerprint density at radius 1 is 1.22 bits per heavy atom. The third-order valence-electron chi connectivity index (χ3n) is 2.84. The van der Waals surface area contributed by atoms with Crippen LogP contribution in [-0.2, 0) is 9.53 Å². The quantitative estimate of drug-likeness (QED) is 0.805. The monoisotopic (exact) mass is 355 g/mol. The molecule has 1 aromatic heterocycles. The van der Waals surface area contributed by atoms with E-state index in [1.165, 1.54) is 37.7 Å². The van der Waals surface area contributed by atoms with Gasteiger partial charge in [-0.2, -0.15) is 11.3 Å². The van der Waals surface area contributed by atoms with Gasteiger partial charge in [-0.3, -0.25) is 4.79 Å². The minimum absolute atomic E-state index is 0.353. The number of anilines is 1. The van der Waals surface area contributed by atoms with E-state index in [0.717, 1.165) is 0 Å². The van der Waals surface area contributed by atoms with Gasteiger partial charge < -0.3 is 19.5 Å². The summed E-state index contributed by atoms with van der Waals surface area (Å²) in [6, 6.07) is 4.67. The van der Waals surface area contributed by atoms with E-state index >= 15 is 0 Å². The maximum absolute atomic E-state index is 11.9. The Hall–Kier alpha value is -2.25. The highest BCUT2D eigenvalue weighted by molar-refractivity contribution is 7.08. The predicted molar refractivity (Wildman–Crippen MR) is 87.8 cm³/mol. The van der Waals surface area contributed by atoms with Gasteiger partial charge in [0.25, 0.3) is 5.91 Å². The predicted octanol–water partition coefficient (Wildman–Crippen LogP) is 3.21. The van der Waals surface area contributed by atoms with E-state index in [4.69, 9.17) is 25.8 Å². The van der Waals surface area contributed by atoms with Crippen molar-refractivity contribution in [2.75, 3.05) is 26.1 Å². The van der Waals surface area contributed by atoms with Crippen LogP contribution in [-0.4, -0.2) is 32.7 Å². The minimum atomic E-state index is -0.554. The molecular weight excluding hydrogens is 342 g/mol. The molecule has 0 unspecified atom stereocenters. The first-order valence-corrected chi connectivity index (χ1v) is 7.78. The van der Waals surface area contributed by atoms with Crippen molar-refractivity contribution in [3.05, 3.63) is 39.5 Å². The van der Waals surface area contributed by atoms with Gasteiger partial charge in [-0.1, -0.05) is 11.6 Å². The van der Waals surface area contributed by atoms with Crippen LogP contribution in [0.4, 0.5) is 5.69 Å². The highest BCUT2D eigenvalue weighted by atomic mass is 35.5. The third kappa shape index (κ3) is 4.37. The zero-order valence-electron chi connectivity index (χ0n) is 12.4. The topological polar surface area (TPSA) is 73.9 Å². The molecule has 1 amide bonds. The van der Waals surface area contributed by atoms with Crippen LogP contribution in [0, 0.1) is 0 Å². The molecule has 2 aromatic rings. The maximum Gasteiger partial charge on any atom is 0.339 e. The Kier molecular flexibility index (Phi) is 5.84. The van der Waals surface area contributed by atoms with Crippen molar-refractivity contribution < 1.29 is 23.8 Å². The molecule has 6 nitrogen and oxygen atoms in total. The van der Waals surface area contributed by atoms with Gasteiger partial charge in [-0.15, -0.1) is 0 Å². The summed E-state index contributed by atoms with van der Waals surface area (Å²) in [7, 11) is 2.91. The zero-order chi connectivity index (χ0) is 16.8. The molecule has 0 aliphatic carbocycles. The van der Waals surface area contributed by atoms with Crippen molar-refractivity contribution in [3.8, 4) is 11.5 Å². The van der Waals surface area contributed by atoms with Gasteiger partial charge >= 0.3 is 5.97 Å². The second-order valence-corrected chi connectivity index (χ2v) is 5.51. The van der Waals surface area contributed by atoms with Crippen molar-refractivity contribution in [2.24, 2.45) is 0 Å². The molecule has 0 spiro atoms. The van der Waals surface area contributed by atoms with E-state index in [1.54, 1.807) is 16.8 Å². The number of carbonyl (C=O) groups is 2. The molecule has 1 heterocycles. The molecule has 0 aliphatic heterocycles. The van der Waals surface area contributed by atoms with E-state index in [0.29, 0.717) is 27.8 Å². The Labute approximate surface area is 141 Å². The summed E-state index contributed by atoms with van der Waals surface area (Å²) in [6.07, 6.45) is 0. The number of esters is 1. The summed E-state index contributed by atoms with van der Waals surface area (Å²) in [5.74, 6) is -0.301. The van der Waals surface area contributed by atoms with Crippen LogP contribution in [0.1, 0.15) is 10.4 Å². The highest BCUT2D eigenvalue weighted by Crippen LogP contribution is 2.35. The second-order valence-electron chi connectivity index (χ2n) is 4.32. The molecule has 1 aromatic carbocycles. The summed E-state index contributed by atoms with van der Waals surface area (Å²) in [6.45, 7) is -0.414. The molecule has 23 heavy (non-hydrogen) atoms. The lowest BCUT2D eigenvalue weighted by Crippen LogP contribution is -2.21. The Morgan fingerprint density at radius 2 is 1.96 bits per heavy atom. The van der Waals surface area contributed by atoms with Crippen LogP contribution in [0.2, 0.25) is 5.02 Å². The van der Waals surface area contributed by atoms with Crippen LogP contribution in [0.25, 0.3) is 0 Å².